The Morgan fingerprint density at radius 1 is 1.33 bits per heavy atom. The van der Waals surface area contributed by atoms with Gasteiger partial charge in [0.1, 0.15) is 6.61 Å². The van der Waals surface area contributed by atoms with Crippen LogP contribution in [0.3, 0.4) is 0 Å². The van der Waals surface area contributed by atoms with E-state index in [1.165, 1.54) is 6.20 Å². The van der Waals surface area contributed by atoms with E-state index in [2.05, 4.69) is 15.3 Å². The third kappa shape index (κ3) is 3.13. The van der Waals surface area contributed by atoms with E-state index in [0.717, 1.165) is 5.56 Å². The van der Waals surface area contributed by atoms with Crippen LogP contribution >= 0.6 is 0 Å². The van der Waals surface area contributed by atoms with Crippen molar-refractivity contribution in [3.05, 3.63) is 47.8 Å². The summed E-state index contributed by atoms with van der Waals surface area (Å²) in [5.41, 5.74) is 1.09. The smallest absolute Gasteiger partial charge is 0.341 e. The van der Waals surface area contributed by atoms with Crippen LogP contribution in [0.15, 0.2) is 36.5 Å². The van der Waals surface area contributed by atoms with Crippen LogP contribution in [0.5, 0.6) is 0 Å². The average Bonchev–Trinajstić information content (AvgIpc) is 2.93. The Morgan fingerprint density at radius 3 is 2.71 bits per heavy atom. The summed E-state index contributed by atoms with van der Waals surface area (Å²) in [6.07, 6.45) is 2.13. The highest BCUT2D eigenvalue weighted by Crippen LogP contribution is 2.26. The number of aryl methyl sites for hydroxylation is 1. The van der Waals surface area contributed by atoms with Gasteiger partial charge in [-0.1, -0.05) is 30.3 Å². The zero-order chi connectivity index (χ0) is 17.2. The fourth-order valence-electron chi connectivity index (χ4n) is 2.61. The maximum absolute atomic E-state index is 12.3. The number of hydrogen-bond donors (Lipinski definition) is 1. The molecule has 24 heavy (non-hydrogen) atoms. The lowest BCUT2D eigenvalue weighted by Crippen LogP contribution is -2.33. The number of carbonyl (C=O) groups is 2. The summed E-state index contributed by atoms with van der Waals surface area (Å²) in [5, 5.41) is 2.76. The summed E-state index contributed by atoms with van der Waals surface area (Å²) in [6, 6.07) is 9.55. The lowest BCUT2D eigenvalue weighted by molar-refractivity contribution is -0.128. The standard InChI is InChI=1S/C18H19N3O3/c1-12-14(10-20-15(21-12)13-6-4-3-5-7-13)16(22)24-11-18(2)8-9-19-17(18)23/h3-7,10H,8-9,11H2,1-2H3,(H,19,23). The molecule has 0 radical (unpaired) electrons. The molecule has 1 amide bonds. The number of nitrogens with zero attached hydrogens (tertiary/aromatic N) is 2. The van der Waals surface area contributed by atoms with Crippen LogP contribution in [0.25, 0.3) is 11.4 Å². The van der Waals surface area contributed by atoms with E-state index in [1.807, 2.05) is 30.3 Å². The van der Waals surface area contributed by atoms with Gasteiger partial charge in [0.25, 0.3) is 0 Å². The Balaban J connectivity index is 1.73. The molecule has 1 aromatic heterocycles. The van der Waals surface area contributed by atoms with Crippen molar-refractivity contribution in [3.8, 4) is 11.4 Å². The minimum Gasteiger partial charge on any atom is -0.461 e. The molecule has 0 aliphatic carbocycles. The van der Waals surface area contributed by atoms with E-state index in [9.17, 15) is 9.59 Å². The molecule has 124 valence electrons. The summed E-state index contributed by atoms with van der Waals surface area (Å²) >= 11 is 0. The molecule has 6 nitrogen and oxygen atoms in total. The normalized spacial score (nSPS) is 19.8. The molecule has 1 aliphatic heterocycles. The molecule has 1 aliphatic rings. The molecule has 1 N–H and O–H groups in total. The number of benzene rings is 1. The van der Waals surface area contributed by atoms with Crippen molar-refractivity contribution in [2.45, 2.75) is 20.3 Å². The van der Waals surface area contributed by atoms with Gasteiger partial charge in [-0.2, -0.15) is 0 Å². The predicted molar refractivity (Wildman–Crippen MR) is 88.2 cm³/mol. The average molecular weight is 325 g/mol. The lowest BCUT2D eigenvalue weighted by atomic mass is 9.90. The topological polar surface area (TPSA) is 81.2 Å². The molecule has 1 atom stereocenters. The second kappa shape index (κ2) is 6.39. The zero-order valence-corrected chi connectivity index (χ0v) is 13.7. The summed E-state index contributed by atoms with van der Waals surface area (Å²) in [4.78, 5) is 32.7. The van der Waals surface area contributed by atoms with Crippen LogP contribution in [0.2, 0.25) is 0 Å². The first kappa shape index (κ1) is 16.1. The van der Waals surface area contributed by atoms with Gasteiger partial charge in [-0.3, -0.25) is 4.79 Å². The summed E-state index contributed by atoms with van der Waals surface area (Å²) in [7, 11) is 0. The van der Waals surface area contributed by atoms with Crippen molar-refractivity contribution < 1.29 is 14.3 Å². The molecule has 2 aromatic rings. The van der Waals surface area contributed by atoms with Gasteiger partial charge in [0.2, 0.25) is 5.91 Å². The van der Waals surface area contributed by atoms with E-state index in [4.69, 9.17) is 4.74 Å². The van der Waals surface area contributed by atoms with Gasteiger partial charge in [-0.25, -0.2) is 14.8 Å². The van der Waals surface area contributed by atoms with Gasteiger partial charge in [-0.05, 0) is 20.3 Å². The molecule has 1 fully saturated rings. The number of nitrogens with one attached hydrogen (secondary N) is 1. The van der Waals surface area contributed by atoms with Crippen molar-refractivity contribution >= 4 is 11.9 Å². The number of rotatable bonds is 4. The molecular weight excluding hydrogens is 306 g/mol. The fourth-order valence-corrected chi connectivity index (χ4v) is 2.61. The van der Waals surface area contributed by atoms with Gasteiger partial charge in [0.05, 0.1) is 16.7 Å². The minimum absolute atomic E-state index is 0.0531. The van der Waals surface area contributed by atoms with Gasteiger partial charge >= 0.3 is 5.97 Å². The summed E-state index contributed by atoms with van der Waals surface area (Å²) < 4.78 is 5.33. The third-order valence-corrected chi connectivity index (χ3v) is 4.26. The zero-order valence-electron chi connectivity index (χ0n) is 13.7. The van der Waals surface area contributed by atoms with Crippen LogP contribution in [0.4, 0.5) is 0 Å². The first-order valence-electron chi connectivity index (χ1n) is 7.84. The van der Waals surface area contributed by atoms with Crippen molar-refractivity contribution in [2.75, 3.05) is 13.2 Å². The third-order valence-electron chi connectivity index (χ3n) is 4.26. The van der Waals surface area contributed by atoms with E-state index >= 15 is 0 Å². The molecule has 0 bridgehead atoms. The Bertz CT molecular complexity index is 776. The van der Waals surface area contributed by atoms with Crippen LogP contribution < -0.4 is 5.32 Å². The highest BCUT2D eigenvalue weighted by atomic mass is 16.5. The number of carbonyl (C=O) groups excluding carboxylic acids is 2. The van der Waals surface area contributed by atoms with E-state index in [0.29, 0.717) is 30.0 Å². The first-order chi connectivity index (χ1) is 11.5. The van der Waals surface area contributed by atoms with Crippen molar-refractivity contribution in [1.82, 2.24) is 15.3 Å². The number of aromatic nitrogens is 2. The minimum atomic E-state index is -0.658. The predicted octanol–water partition coefficient (Wildman–Crippen LogP) is 2.14. The molecule has 1 unspecified atom stereocenters. The first-order valence-corrected chi connectivity index (χ1v) is 7.84. The fraction of sp³-hybridized carbons (Fsp3) is 0.333. The van der Waals surface area contributed by atoms with Crippen molar-refractivity contribution in [3.63, 3.8) is 0 Å². The van der Waals surface area contributed by atoms with E-state index < -0.39 is 11.4 Å². The van der Waals surface area contributed by atoms with Gasteiger partial charge in [-0.15, -0.1) is 0 Å². The van der Waals surface area contributed by atoms with Crippen LogP contribution in [0, 0.1) is 12.3 Å². The van der Waals surface area contributed by atoms with E-state index in [-0.39, 0.29) is 12.5 Å². The van der Waals surface area contributed by atoms with Gasteiger partial charge < -0.3 is 10.1 Å². The van der Waals surface area contributed by atoms with Gasteiger partial charge in [0.15, 0.2) is 5.82 Å². The highest BCUT2D eigenvalue weighted by molar-refractivity contribution is 5.91. The lowest BCUT2D eigenvalue weighted by Gasteiger charge is -2.20. The Hall–Kier alpha value is -2.76. The van der Waals surface area contributed by atoms with Gasteiger partial charge in [0, 0.05) is 18.3 Å². The molecular formula is C18H19N3O3. The van der Waals surface area contributed by atoms with Crippen LogP contribution in [0.1, 0.15) is 29.4 Å². The van der Waals surface area contributed by atoms with Crippen LogP contribution in [-0.2, 0) is 9.53 Å². The Kier molecular flexibility index (Phi) is 4.29. The molecule has 6 heteroatoms. The molecule has 0 spiro atoms. The second-order valence-corrected chi connectivity index (χ2v) is 6.20. The molecule has 3 rings (SSSR count). The molecule has 2 heterocycles. The maximum atomic E-state index is 12.3. The Morgan fingerprint density at radius 2 is 2.08 bits per heavy atom. The van der Waals surface area contributed by atoms with Crippen molar-refractivity contribution in [1.29, 1.82) is 0 Å². The molecule has 0 saturated carbocycles. The number of esters is 1. The monoisotopic (exact) mass is 325 g/mol. The quantitative estimate of drug-likeness (QED) is 0.871. The van der Waals surface area contributed by atoms with Crippen molar-refractivity contribution in [2.24, 2.45) is 5.41 Å². The Labute approximate surface area is 140 Å². The largest absolute Gasteiger partial charge is 0.461 e. The maximum Gasteiger partial charge on any atom is 0.341 e. The SMILES string of the molecule is Cc1nc(-c2ccccc2)ncc1C(=O)OCC1(C)CCNC1=O. The number of hydrogen-bond acceptors (Lipinski definition) is 5. The summed E-state index contributed by atoms with van der Waals surface area (Å²) in [6.45, 7) is 4.21. The van der Waals surface area contributed by atoms with Crippen LogP contribution in [-0.4, -0.2) is 35.0 Å². The molecule has 1 aromatic carbocycles. The van der Waals surface area contributed by atoms with E-state index in [1.54, 1.807) is 13.8 Å². The molecule has 1 saturated heterocycles. The number of ether oxygens (including phenoxy) is 1. The second-order valence-electron chi connectivity index (χ2n) is 6.20. The highest BCUT2D eigenvalue weighted by Gasteiger charge is 2.39. The summed E-state index contributed by atoms with van der Waals surface area (Å²) in [5.74, 6) is -0.0254. The number of amides is 1.